The van der Waals surface area contributed by atoms with Gasteiger partial charge >= 0.3 is 0 Å². The zero-order valence-corrected chi connectivity index (χ0v) is 10.5. The number of hydrogen-bond donors (Lipinski definition) is 1. The second-order valence-electron chi connectivity index (χ2n) is 4.37. The molecule has 0 spiro atoms. The second-order valence-corrected chi connectivity index (χ2v) is 4.37. The van der Waals surface area contributed by atoms with Crippen molar-refractivity contribution in [2.75, 3.05) is 6.54 Å². The number of hydrogen-bond acceptors (Lipinski definition) is 3. The lowest BCUT2D eigenvalue weighted by Gasteiger charge is -2.13. The molecule has 0 bridgehead atoms. The number of rotatable bonds is 9. The molecular formula is C12H24N4. The summed E-state index contributed by atoms with van der Waals surface area (Å²) in [4.78, 5) is 0. The molecule has 0 saturated heterocycles. The van der Waals surface area contributed by atoms with Gasteiger partial charge in [-0.15, -0.1) is 5.10 Å². The molecule has 0 aromatic carbocycles. The van der Waals surface area contributed by atoms with Gasteiger partial charge in [-0.3, -0.25) is 4.68 Å². The lowest BCUT2D eigenvalue weighted by Crippen LogP contribution is -2.27. The van der Waals surface area contributed by atoms with E-state index in [1.165, 1.54) is 25.7 Å². The molecule has 1 N–H and O–H groups in total. The van der Waals surface area contributed by atoms with Crippen LogP contribution in [0.25, 0.3) is 0 Å². The molecule has 1 aromatic heterocycles. The van der Waals surface area contributed by atoms with E-state index < -0.39 is 0 Å². The van der Waals surface area contributed by atoms with E-state index in [0.29, 0.717) is 6.04 Å². The van der Waals surface area contributed by atoms with Crippen molar-refractivity contribution in [3.63, 3.8) is 0 Å². The Kier molecular flexibility index (Phi) is 6.81. The van der Waals surface area contributed by atoms with Gasteiger partial charge in [0.25, 0.3) is 0 Å². The Balaban J connectivity index is 1.94. The minimum Gasteiger partial charge on any atom is -0.314 e. The molecule has 1 aromatic rings. The Morgan fingerprint density at radius 1 is 1.31 bits per heavy atom. The normalized spacial score (nSPS) is 12.9. The first-order chi connectivity index (χ1) is 7.83. The number of unbranched alkanes of at least 4 members (excludes halogenated alkanes) is 2. The summed E-state index contributed by atoms with van der Waals surface area (Å²) in [5.41, 5.74) is 0. The highest BCUT2D eigenvalue weighted by Crippen LogP contribution is 2.02. The third-order valence-corrected chi connectivity index (χ3v) is 2.77. The van der Waals surface area contributed by atoms with Gasteiger partial charge in [-0.2, -0.15) is 0 Å². The standard InChI is InChI=1S/C12H24N4/c1-3-4-5-7-12(2)13-8-6-10-16-11-9-14-15-16/h9,11-13H,3-8,10H2,1-2H3. The molecule has 4 nitrogen and oxygen atoms in total. The van der Waals surface area contributed by atoms with Crippen molar-refractivity contribution in [2.24, 2.45) is 0 Å². The highest BCUT2D eigenvalue weighted by atomic mass is 15.4. The molecule has 0 aliphatic heterocycles. The van der Waals surface area contributed by atoms with Gasteiger partial charge in [-0.25, -0.2) is 0 Å². The zero-order valence-electron chi connectivity index (χ0n) is 10.5. The molecule has 0 amide bonds. The van der Waals surface area contributed by atoms with Crippen molar-refractivity contribution in [1.82, 2.24) is 20.3 Å². The van der Waals surface area contributed by atoms with Crippen LogP contribution in [0.4, 0.5) is 0 Å². The van der Waals surface area contributed by atoms with Crippen LogP contribution < -0.4 is 5.32 Å². The van der Waals surface area contributed by atoms with Crippen LogP contribution in [0.3, 0.4) is 0 Å². The Morgan fingerprint density at radius 2 is 2.19 bits per heavy atom. The number of aromatic nitrogens is 3. The molecule has 92 valence electrons. The van der Waals surface area contributed by atoms with Gasteiger partial charge in [0.2, 0.25) is 0 Å². The maximum absolute atomic E-state index is 3.93. The van der Waals surface area contributed by atoms with E-state index in [1.807, 2.05) is 10.9 Å². The van der Waals surface area contributed by atoms with Crippen molar-refractivity contribution < 1.29 is 0 Å². The van der Waals surface area contributed by atoms with Gasteiger partial charge in [0.05, 0.1) is 6.20 Å². The van der Waals surface area contributed by atoms with E-state index in [-0.39, 0.29) is 0 Å². The Bertz CT molecular complexity index is 246. The Labute approximate surface area is 98.4 Å². The fourth-order valence-corrected chi connectivity index (χ4v) is 1.74. The first-order valence-corrected chi connectivity index (χ1v) is 6.40. The highest BCUT2D eigenvalue weighted by Gasteiger charge is 2.00. The smallest absolute Gasteiger partial charge is 0.0692 e. The van der Waals surface area contributed by atoms with Crippen molar-refractivity contribution in [2.45, 2.75) is 58.5 Å². The lowest BCUT2D eigenvalue weighted by molar-refractivity contribution is 0.460. The van der Waals surface area contributed by atoms with Gasteiger partial charge in [0, 0.05) is 18.8 Å². The monoisotopic (exact) mass is 224 g/mol. The van der Waals surface area contributed by atoms with Gasteiger partial charge in [0.1, 0.15) is 0 Å². The van der Waals surface area contributed by atoms with Gasteiger partial charge in [-0.05, 0) is 26.3 Å². The fourth-order valence-electron chi connectivity index (χ4n) is 1.74. The second kappa shape index (κ2) is 8.28. The van der Waals surface area contributed by atoms with Crippen LogP contribution in [0.15, 0.2) is 12.4 Å². The van der Waals surface area contributed by atoms with Crippen molar-refractivity contribution in [3.8, 4) is 0 Å². The highest BCUT2D eigenvalue weighted by molar-refractivity contribution is 4.65. The van der Waals surface area contributed by atoms with Crippen molar-refractivity contribution in [3.05, 3.63) is 12.4 Å². The van der Waals surface area contributed by atoms with Crippen LogP contribution in [-0.2, 0) is 6.54 Å². The zero-order chi connectivity index (χ0) is 11.6. The molecular weight excluding hydrogens is 200 g/mol. The first-order valence-electron chi connectivity index (χ1n) is 6.40. The summed E-state index contributed by atoms with van der Waals surface area (Å²) in [5.74, 6) is 0. The summed E-state index contributed by atoms with van der Waals surface area (Å²) < 4.78 is 1.88. The molecule has 1 unspecified atom stereocenters. The summed E-state index contributed by atoms with van der Waals surface area (Å²) >= 11 is 0. The van der Waals surface area contributed by atoms with Crippen LogP contribution in [0.1, 0.15) is 46.0 Å². The van der Waals surface area contributed by atoms with E-state index in [4.69, 9.17) is 0 Å². The topological polar surface area (TPSA) is 42.7 Å². The minimum absolute atomic E-state index is 0.641. The molecule has 0 saturated carbocycles. The number of nitrogens with one attached hydrogen (secondary N) is 1. The molecule has 0 radical (unpaired) electrons. The minimum atomic E-state index is 0.641. The third kappa shape index (κ3) is 5.85. The maximum Gasteiger partial charge on any atom is 0.0692 e. The van der Waals surface area contributed by atoms with Crippen LogP contribution in [0.2, 0.25) is 0 Å². The van der Waals surface area contributed by atoms with Crippen LogP contribution in [0.5, 0.6) is 0 Å². The van der Waals surface area contributed by atoms with Crippen molar-refractivity contribution in [1.29, 1.82) is 0 Å². The first kappa shape index (κ1) is 13.2. The summed E-state index contributed by atoms with van der Waals surface area (Å²) in [6, 6.07) is 0.641. The molecule has 1 heterocycles. The molecule has 1 atom stereocenters. The molecule has 4 heteroatoms. The van der Waals surface area contributed by atoms with Crippen molar-refractivity contribution >= 4 is 0 Å². The SMILES string of the molecule is CCCCCC(C)NCCCn1ccnn1. The summed E-state index contributed by atoms with van der Waals surface area (Å²) in [5, 5.41) is 11.3. The van der Waals surface area contributed by atoms with E-state index in [9.17, 15) is 0 Å². The predicted molar refractivity (Wildman–Crippen MR) is 66.2 cm³/mol. The molecule has 1 rings (SSSR count). The van der Waals surface area contributed by atoms with Crippen LogP contribution >= 0.6 is 0 Å². The molecule has 0 aliphatic rings. The Morgan fingerprint density at radius 3 is 2.88 bits per heavy atom. The van der Waals surface area contributed by atoms with Gasteiger partial charge in [0.15, 0.2) is 0 Å². The summed E-state index contributed by atoms with van der Waals surface area (Å²) in [6.07, 6.45) is 10.0. The lowest BCUT2D eigenvalue weighted by atomic mass is 10.1. The van der Waals surface area contributed by atoms with E-state index in [1.54, 1.807) is 6.20 Å². The van der Waals surface area contributed by atoms with Crippen LogP contribution in [0, 0.1) is 0 Å². The van der Waals surface area contributed by atoms with E-state index >= 15 is 0 Å². The molecule has 16 heavy (non-hydrogen) atoms. The molecule has 0 fully saturated rings. The largest absolute Gasteiger partial charge is 0.314 e. The van der Waals surface area contributed by atoms with Gasteiger partial charge < -0.3 is 5.32 Å². The number of nitrogens with zero attached hydrogens (tertiary/aromatic N) is 3. The third-order valence-electron chi connectivity index (χ3n) is 2.77. The predicted octanol–water partition coefficient (Wildman–Crippen LogP) is 2.23. The average Bonchev–Trinajstić information content (AvgIpc) is 2.78. The van der Waals surface area contributed by atoms with E-state index in [2.05, 4.69) is 29.5 Å². The summed E-state index contributed by atoms with van der Waals surface area (Å²) in [6.45, 7) is 6.53. The van der Waals surface area contributed by atoms with Crippen LogP contribution in [-0.4, -0.2) is 27.6 Å². The average molecular weight is 224 g/mol. The Hall–Kier alpha value is -0.900. The number of aryl methyl sites for hydroxylation is 1. The molecule has 0 aliphatic carbocycles. The quantitative estimate of drug-likeness (QED) is 0.654. The summed E-state index contributed by atoms with van der Waals surface area (Å²) in [7, 11) is 0. The van der Waals surface area contributed by atoms with E-state index in [0.717, 1.165) is 19.5 Å². The maximum atomic E-state index is 3.93. The fraction of sp³-hybridized carbons (Fsp3) is 0.833. The van der Waals surface area contributed by atoms with Gasteiger partial charge in [-0.1, -0.05) is 31.4 Å².